The molecule has 110 valence electrons. The normalized spacial score (nSPS) is 24.8. The Morgan fingerprint density at radius 1 is 1.14 bits per heavy atom. The van der Waals surface area contributed by atoms with Gasteiger partial charge in [0, 0.05) is 19.0 Å². The highest BCUT2D eigenvalue weighted by atomic mass is 16.5. The molecule has 2 atom stereocenters. The number of nitrogens with zero attached hydrogens (tertiary/aromatic N) is 3. The number of likely N-dealkylation sites (tertiary alicyclic amines) is 1. The van der Waals surface area contributed by atoms with Crippen molar-refractivity contribution in [2.24, 2.45) is 5.92 Å². The maximum absolute atomic E-state index is 5.42. The van der Waals surface area contributed by atoms with Crippen molar-refractivity contribution in [2.75, 3.05) is 6.54 Å². The molecule has 2 heterocycles. The average molecular weight is 283 g/mol. The largest absolute Gasteiger partial charge is 0.338 e. The number of hydrogen-bond acceptors (Lipinski definition) is 4. The van der Waals surface area contributed by atoms with Gasteiger partial charge in [-0.25, -0.2) is 0 Å². The van der Waals surface area contributed by atoms with Crippen molar-refractivity contribution in [1.29, 1.82) is 0 Å². The highest BCUT2D eigenvalue weighted by Gasteiger charge is 2.38. The van der Waals surface area contributed by atoms with Gasteiger partial charge in [-0.3, -0.25) is 4.90 Å². The predicted octanol–water partition coefficient (Wildman–Crippen LogP) is 2.84. The molecule has 0 radical (unpaired) electrons. The zero-order valence-electron chi connectivity index (χ0n) is 12.2. The van der Waals surface area contributed by atoms with Gasteiger partial charge in [0.05, 0.1) is 6.54 Å². The van der Waals surface area contributed by atoms with E-state index in [4.69, 9.17) is 4.52 Å². The summed E-state index contributed by atoms with van der Waals surface area (Å²) in [5, 5.41) is 4.12. The molecule has 2 fully saturated rings. The minimum Gasteiger partial charge on any atom is -0.338 e. The van der Waals surface area contributed by atoms with Crippen LogP contribution in [0.15, 0.2) is 34.9 Å². The van der Waals surface area contributed by atoms with Gasteiger partial charge >= 0.3 is 0 Å². The summed E-state index contributed by atoms with van der Waals surface area (Å²) in [6, 6.07) is 11.2. The molecule has 4 rings (SSSR count). The van der Waals surface area contributed by atoms with Gasteiger partial charge in [-0.15, -0.1) is 0 Å². The summed E-state index contributed by atoms with van der Waals surface area (Å²) in [7, 11) is 0. The molecule has 4 nitrogen and oxygen atoms in total. The number of piperidine rings is 1. The van der Waals surface area contributed by atoms with E-state index in [1.165, 1.54) is 31.4 Å². The van der Waals surface area contributed by atoms with E-state index in [2.05, 4.69) is 39.3 Å². The Kier molecular flexibility index (Phi) is 3.47. The first-order chi connectivity index (χ1) is 10.4. The van der Waals surface area contributed by atoms with E-state index < -0.39 is 0 Å². The Morgan fingerprint density at radius 2 is 2.05 bits per heavy atom. The highest BCUT2D eigenvalue weighted by molar-refractivity contribution is 5.15. The number of benzene rings is 1. The lowest BCUT2D eigenvalue weighted by Gasteiger charge is -2.24. The molecule has 0 spiro atoms. The molecule has 0 unspecified atom stereocenters. The van der Waals surface area contributed by atoms with Crippen LogP contribution in [0.4, 0.5) is 0 Å². The van der Waals surface area contributed by atoms with Crippen molar-refractivity contribution in [3.63, 3.8) is 0 Å². The zero-order chi connectivity index (χ0) is 14.1. The van der Waals surface area contributed by atoms with Crippen LogP contribution in [-0.2, 0) is 19.4 Å². The fourth-order valence-electron chi connectivity index (χ4n) is 3.75. The summed E-state index contributed by atoms with van der Waals surface area (Å²) >= 11 is 0. The summed E-state index contributed by atoms with van der Waals surface area (Å²) in [6.07, 6.45) is 5.94. The molecule has 1 saturated carbocycles. The van der Waals surface area contributed by atoms with Gasteiger partial charge in [-0.1, -0.05) is 35.5 Å². The van der Waals surface area contributed by atoms with E-state index in [-0.39, 0.29) is 0 Å². The minimum absolute atomic E-state index is 0.759. The lowest BCUT2D eigenvalue weighted by atomic mass is 10.1. The molecule has 2 aliphatic rings. The van der Waals surface area contributed by atoms with Gasteiger partial charge in [0.15, 0.2) is 5.82 Å². The van der Waals surface area contributed by atoms with Crippen molar-refractivity contribution in [1.82, 2.24) is 15.0 Å². The van der Waals surface area contributed by atoms with E-state index in [0.29, 0.717) is 0 Å². The third-order valence-electron chi connectivity index (χ3n) is 4.85. The SMILES string of the molecule is c1ccc(CCc2noc(CN3C[C@H]4CC[C@H]3C4)n2)cc1. The highest BCUT2D eigenvalue weighted by Crippen LogP contribution is 2.37. The summed E-state index contributed by atoms with van der Waals surface area (Å²) in [4.78, 5) is 7.07. The van der Waals surface area contributed by atoms with Gasteiger partial charge in [-0.05, 0) is 37.2 Å². The van der Waals surface area contributed by atoms with Gasteiger partial charge in [0.25, 0.3) is 0 Å². The van der Waals surface area contributed by atoms with Crippen molar-refractivity contribution in [3.05, 3.63) is 47.6 Å². The lowest BCUT2D eigenvalue weighted by Crippen LogP contribution is -2.31. The maximum atomic E-state index is 5.42. The van der Waals surface area contributed by atoms with Crippen LogP contribution in [0.25, 0.3) is 0 Å². The first-order valence-corrected chi connectivity index (χ1v) is 7.96. The van der Waals surface area contributed by atoms with Gasteiger partial charge < -0.3 is 4.52 Å². The monoisotopic (exact) mass is 283 g/mol. The second-order valence-electron chi connectivity index (χ2n) is 6.35. The molecule has 1 saturated heterocycles. The standard InChI is InChI=1S/C17H21N3O/c1-2-4-13(5-3-1)7-9-16-18-17(21-19-16)12-20-11-14-6-8-15(20)10-14/h1-5,14-15H,6-12H2/t14-,15-/m0/s1. The van der Waals surface area contributed by atoms with E-state index in [0.717, 1.165) is 43.1 Å². The molecule has 2 aromatic rings. The van der Waals surface area contributed by atoms with Gasteiger partial charge in [0.2, 0.25) is 5.89 Å². The molecule has 1 aliphatic heterocycles. The Hall–Kier alpha value is -1.68. The average Bonchev–Trinajstić information content (AvgIpc) is 3.23. The summed E-state index contributed by atoms with van der Waals surface area (Å²) in [5.74, 6) is 2.53. The van der Waals surface area contributed by atoms with Crippen LogP contribution < -0.4 is 0 Å². The molecule has 1 aromatic carbocycles. The first kappa shape index (κ1) is 13.0. The number of rotatable bonds is 5. The summed E-state index contributed by atoms with van der Waals surface area (Å²) in [6.45, 7) is 2.05. The third-order valence-corrected chi connectivity index (χ3v) is 4.85. The molecular formula is C17H21N3O. The third kappa shape index (κ3) is 2.86. The van der Waals surface area contributed by atoms with Crippen LogP contribution >= 0.6 is 0 Å². The van der Waals surface area contributed by atoms with E-state index >= 15 is 0 Å². The van der Waals surface area contributed by atoms with E-state index in [1.807, 2.05) is 6.07 Å². The first-order valence-electron chi connectivity index (χ1n) is 7.96. The van der Waals surface area contributed by atoms with E-state index in [1.54, 1.807) is 0 Å². The van der Waals surface area contributed by atoms with Gasteiger partial charge in [0.1, 0.15) is 0 Å². The van der Waals surface area contributed by atoms with Crippen LogP contribution in [0.5, 0.6) is 0 Å². The minimum atomic E-state index is 0.759. The number of aryl methyl sites for hydroxylation is 2. The number of aromatic nitrogens is 2. The fraction of sp³-hybridized carbons (Fsp3) is 0.529. The van der Waals surface area contributed by atoms with Crippen LogP contribution in [0, 0.1) is 5.92 Å². The predicted molar refractivity (Wildman–Crippen MR) is 79.7 cm³/mol. The molecule has 0 N–H and O–H groups in total. The summed E-state index contributed by atoms with van der Waals surface area (Å²) in [5.41, 5.74) is 1.32. The number of hydrogen-bond donors (Lipinski definition) is 0. The Morgan fingerprint density at radius 3 is 2.81 bits per heavy atom. The quantitative estimate of drug-likeness (QED) is 0.846. The smallest absolute Gasteiger partial charge is 0.240 e. The van der Waals surface area contributed by atoms with Crippen molar-refractivity contribution in [3.8, 4) is 0 Å². The van der Waals surface area contributed by atoms with Crippen LogP contribution in [0.1, 0.15) is 36.5 Å². The molecule has 1 aliphatic carbocycles. The molecular weight excluding hydrogens is 262 g/mol. The molecule has 21 heavy (non-hydrogen) atoms. The second kappa shape index (κ2) is 5.60. The van der Waals surface area contributed by atoms with Crippen LogP contribution in [0.3, 0.4) is 0 Å². The Balaban J connectivity index is 1.33. The molecule has 1 aromatic heterocycles. The lowest BCUT2D eigenvalue weighted by molar-refractivity contribution is 0.180. The van der Waals surface area contributed by atoms with Crippen molar-refractivity contribution < 1.29 is 4.52 Å². The zero-order valence-corrected chi connectivity index (χ0v) is 12.2. The number of fused-ring (bicyclic) bond motifs is 2. The van der Waals surface area contributed by atoms with Crippen LogP contribution in [-0.4, -0.2) is 27.6 Å². The topological polar surface area (TPSA) is 42.2 Å². The van der Waals surface area contributed by atoms with Gasteiger partial charge in [-0.2, -0.15) is 4.98 Å². The molecule has 4 heteroatoms. The molecule has 0 amide bonds. The Bertz CT molecular complexity index is 595. The van der Waals surface area contributed by atoms with Crippen LogP contribution in [0.2, 0.25) is 0 Å². The second-order valence-corrected chi connectivity index (χ2v) is 6.35. The van der Waals surface area contributed by atoms with E-state index in [9.17, 15) is 0 Å². The van der Waals surface area contributed by atoms with Crippen molar-refractivity contribution >= 4 is 0 Å². The fourth-order valence-corrected chi connectivity index (χ4v) is 3.75. The maximum Gasteiger partial charge on any atom is 0.240 e. The summed E-state index contributed by atoms with van der Waals surface area (Å²) < 4.78 is 5.42. The van der Waals surface area contributed by atoms with Crippen molar-refractivity contribution in [2.45, 2.75) is 44.7 Å². The Labute approximate surface area is 125 Å². The molecule has 2 bridgehead atoms.